The van der Waals surface area contributed by atoms with Crippen LogP contribution >= 0.6 is 0 Å². The average molecular weight is 294 g/mol. The number of pyridine rings is 1. The van der Waals surface area contributed by atoms with Gasteiger partial charge in [-0.1, -0.05) is 30.3 Å². The number of anilines is 1. The molecule has 0 radical (unpaired) electrons. The van der Waals surface area contributed by atoms with Crippen LogP contribution < -0.4 is 15.2 Å². The van der Waals surface area contributed by atoms with Crippen LogP contribution in [0, 0.1) is 0 Å². The Kier molecular flexibility index (Phi) is 3.83. The smallest absolute Gasteiger partial charge is 0.161 e. The van der Waals surface area contributed by atoms with Gasteiger partial charge in [-0.3, -0.25) is 0 Å². The molecule has 0 aliphatic carbocycles. The highest BCUT2D eigenvalue weighted by atomic mass is 16.5. The van der Waals surface area contributed by atoms with Crippen molar-refractivity contribution in [3.63, 3.8) is 0 Å². The number of hydrogen-bond donors (Lipinski definition) is 1. The fraction of sp³-hybridized carbons (Fsp3) is 0.167. The van der Waals surface area contributed by atoms with Crippen LogP contribution in [0.2, 0.25) is 0 Å². The van der Waals surface area contributed by atoms with E-state index < -0.39 is 0 Å². The first-order valence-corrected chi connectivity index (χ1v) is 7.06. The molecular formula is C18H18N2O2. The summed E-state index contributed by atoms with van der Waals surface area (Å²) in [5.41, 5.74) is 8.08. The minimum atomic E-state index is 0.505. The number of aromatic nitrogens is 1. The Morgan fingerprint density at radius 3 is 2.32 bits per heavy atom. The van der Waals surface area contributed by atoms with E-state index in [2.05, 4.69) is 17.1 Å². The van der Waals surface area contributed by atoms with E-state index in [4.69, 9.17) is 15.2 Å². The number of nitrogen functional groups attached to an aromatic ring is 1. The minimum absolute atomic E-state index is 0.505. The standard InChI is InChI=1S/C18H18N2O2/c1-21-16-9-13-10-18(19)20-15(14(13)11-17(16)22-2)8-12-6-4-3-5-7-12/h3-7,9-11H,8H2,1-2H3,(H2,19,20). The number of nitrogens with zero attached hydrogens (tertiary/aromatic N) is 1. The summed E-state index contributed by atoms with van der Waals surface area (Å²) in [6.45, 7) is 0. The van der Waals surface area contributed by atoms with Crippen molar-refractivity contribution in [2.45, 2.75) is 6.42 Å². The van der Waals surface area contributed by atoms with Crippen molar-refractivity contribution in [2.24, 2.45) is 0 Å². The molecule has 112 valence electrons. The van der Waals surface area contributed by atoms with Gasteiger partial charge in [-0.05, 0) is 29.1 Å². The van der Waals surface area contributed by atoms with Gasteiger partial charge < -0.3 is 15.2 Å². The van der Waals surface area contributed by atoms with Crippen LogP contribution in [0.15, 0.2) is 48.5 Å². The molecule has 2 N–H and O–H groups in total. The first kappa shape index (κ1) is 14.2. The van der Waals surface area contributed by atoms with Crippen molar-refractivity contribution in [1.82, 2.24) is 4.98 Å². The molecule has 2 aromatic carbocycles. The molecule has 0 fully saturated rings. The van der Waals surface area contributed by atoms with Gasteiger partial charge in [0.05, 0.1) is 19.9 Å². The van der Waals surface area contributed by atoms with E-state index in [1.165, 1.54) is 5.56 Å². The SMILES string of the molecule is COc1cc2cc(N)nc(Cc3ccccc3)c2cc1OC. The van der Waals surface area contributed by atoms with Crippen LogP contribution in [-0.2, 0) is 6.42 Å². The van der Waals surface area contributed by atoms with Crippen LogP contribution in [0.1, 0.15) is 11.3 Å². The zero-order valence-corrected chi connectivity index (χ0v) is 12.7. The Morgan fingerprint density at radius 1 is 0.955 bits per heavy atom. The lowest BCUT2D eigenvalue weighted by Gasteiger charge is -2.12. The van der Waals surface area contributed by atoms with E-state index in [9.17, 15) is 0 Å². The molecule has 4 heteroatoms. The topological polar surface area (TPSA) is 57.4 Å². The lowest BCUT2D eigenvalue weighted by molar-refractivity contribution is 0.356. The monoisotopic (exact) mass is 294 g/mol. The predicted molar refractivity (Wildman–Crippen MR) is 88.5 cm³/mol. The number of ether oxygens (including phenoxy) is 2. The zero-order chi connectivity index (χ0) is 15.5. The molecule has 0 aliphatic heterocycles. The molecule has 0 amide bonds. The molecule has 3 rings (SSSR count). The van der Waals surface area contributed by atoms with Crippen molar-refractivity contribution in [1.29, 1.82) is 0 Å². The number of fused-ring (bicyclic) bond motifs is 1. The fourth-order valence-electron chi connectivity index (χ4n) is 2.60. The molecule has 0 saturated heterocycles. The molecule has 0 aliphatic rings. The van der Waals surface area contributed by atoms with E-state index in [-0.39, 0.29) is 0 Å². The highest BCUT2D eigenvalue weighted by molar-refractivity contribution is 5.90. The van der Waals surface area contributed by atoms with Gasteiger partial charge in [0.25, 0.3) is 0 Å². The number of rotatable bonds is 4. The first-order valence-electron chi connectivity index (χ1n) is 7.06. The lowest BCUT2D eigenvalue weighted by atomic mass is 10.0. The molecule has 22 heavy (non-hydrogen) atoms. The number of benzene rings is 2. The second-order valence-corrected chi connectivity index (χ2v) is 5.08. The predicted octanol–water partition coefficient (Wildman–Crippen LogP) is 3.43. The average Bonchev–Trinajstić information content (AvgIpc) is 2.54. The van der Waals surface area contributed by atoms with Gasteiger partial charge in [-0.25, -0.2) is 4.98 Å². The maximum atomic E-state index is 5.96. The van der Waals surface area contributed by atoms with Crippen molar-refractivity contribution in [3.05, 3.63) is 59.8 Å². The van der Waals surface area contributed by atoms with Gasteiger partial charge in [0.2, 0.25) is 0 Å². The molecule has 3 aromatic rings. The quantitative estimate of drug-likeness (QED) is 0.801. The summed E-state index contributed by atoms with van der Waals surface area (Å²) in [4.78, 5) is 4.51. The molecule has 0 spiro atoms. The van der Waals surface area contributed by atoms with Crippen LogP contribution in [-0.4, -0.2) is 19.2 Å². The third-order valence-corrected chi connectivity index (χ3v) is 3.65. The Labute approximate surface area is 129 Å². The second kappa shape index (κ2) is 5.93. The number of nitrogens with two attached hydrogens (primary N) is 1. The normalized spacial score (nSPS) is 10.6. The second-order valence-electron chi connectivity index (χ2n) is 5.08. The van der Waals surface area contributed by atoms with Crippen LogP contribution in [0.4, 0.5) is 5.82 Å². The zero-order valence-electron chi connectivity index (χ0n) is 12.7. The molecular weight excluding hydrogens is 276 g/mol. The number of hydrogen-bond acceptors (Lipinski definition) is 4. The van der Waals surface area contributed by atoms with E-state index in [1.54, 1.807) is 14.2 Å². The summed E-state index contributed by atoms with van der Waals surface area (Å²) in [5, 5.41) is 2.02. The molecule has 4 nitrogen and oxygen atoms in total. The Balaban J connectivity index is 2.16. The summed E-state index contributed by atoms with van der Waals surface area (Å²) >= 11 is 0. The van der Waals surface area contributed by atoms with E-state index in [1.807, 2.05) is 36.4 Å². The maximum Gasteiger partial charge on any atom is 0.161 e. The Hall–Kier alpha value is -2.75. The number of methoxy groups -OCH3 is 2. The van der Waals surface area contributed by atoms with Crippen molar-refractivity contribution in [3.8, 4) is 11.5 Å². The lowest BCUT2D eigenvalue weighted by Crippen LogP contribution is -2.00. The van der Waals surface area contributed by atoms with Crippen molar-refractivity contribution >= 4 is 16.6 Å². The van der Waals surface area contributed by atoms with Crippen LogP contribution in [0.3, 0.4) is 0 Å². The van der Waals surface area contributed by atoms with Gasteiger partial charge >= 0.3 is 0 Å². The summed E-state index contributed by atoms with van der Waals surface area (Å²) in [5.74, 6) is 1.88. The molecule has 1 aromatic heterocycles. The minimum Gasteiger partial charge on any atom is -0.493 e. The highest BCUT2D eigenvalue weighted by Crippen LogP contribution is 2.34. The van der Waals surface area contributed by atoms with Gasteiger partial charge in [0.15, 0.2) is 11.5 Å². The largest absolute Gasteiger partial charge is 0.493 e. The van der Waals surface area contributed by atoms with Crippen molar-refractivity contribution < 1.29 is 9.47 Å². The molecule has 1 heterocycles. The summed E-state index contributed by atoms with van der Waals surface area (Å²) < 4.78 is 10.8. The maximum absolute atomic E-state index is 5.96. The van der Waals surface area contributed by atoms with Gasteiger partial charge in [-0.15, -0.1) is 0 Å². The highest BCUT2D eigenvalue weighted by Gasteiger charge is 2.11. The van der Waals surface area contributed by atoms with Crippen LogP contribution in [0.5, 0.6) is 11.5 Å². The third-order valence-electron chi connectivity index (χ3n) is 3.65. The summed E-state index contributed by atoms with van der Waals surface area (Å²) in [6.07, 6.45) is 0.720. The van der Waals surface area contributed by atoms with Gasteiger partial charge in [0.1, 0.15) is 5.82 Å². The molecule has 0 atom stereocenters. The third kappa shape index (κ3) is 2.68. The first-order chi connectivity index (χ1) is 10.7. The molecule has 0 unspecified atom stereocenters. The Morgan fingerprint density at radius 2 is 1.64 bits per heavy atom. The fourth-order valence-corrected chi connectivity index (χ4v) is 2.60. The van der Waals surface area contributed by atoms with Gasteiger partial charge in [0, 0.05) is 11.8 Å². The van der Waals surface area contributed by atoms with E-state index in [0.717, 1.165) is 22.9 Å². The van der Waals surface area contributed by atoms with Crippen LogP contribution in [0.25, 0.3) is 10.8 Å². The molecule has 0 saturated carbocycles. The summed E-state index contributed by atoms with van der Waals surface area (Å²) in [6, 6.07) is 15.9. The van der Waals surface area contributed by atoms with Gasteiger partial charge in [-0.2, -0.15) is 0 Å². The van der Waals surface area contributed by atoms with Crippen molar-refractivity contribution in [2.75, 3.05) is 20.0 Å². The van der Waals surface area contributed by atoms with E-state index >= 15 is 0 Å². The molecule has 0 bridgehead atoms. The Bertz CT molecular complexity index is 801. The van der Waals surface area contributed by atoms with E-state index in [0.29, 0.717) is 17.3 Å². The summed E-state index contributed by atoms with van der Waals surface area (Å²) in [7, 11) is 3.25.